The molecule has 0 N–H and O–H groups in total. The van der Waals surface area contributed by atoms with Gasteiger partial charge >= 0.3 is 5.97 Å². The fourth-order valence-electron chi connectivity index (χ4n) is 4.82. The molecule has 10 heteroatoms. The van der Waals surface area contributed by atoms with Crippen LogP contribution in [0.2, 0.25) is 0 Å². The van der Waals surface area contributed by atoms with Gasteiger partial charge in [0, 0.05) is 38.0 Å². The van der Waals surface area contributed by atoms with E-state index in [-0.39, 0.29) is 36.9 Å². The average molecular weight is 568 g/mol. The van der Waals surface area contributed by atoms with Crippen LogP contribution in [0.5, 0.6) is 0 Å². The zero-order chi connectivity index (χ0) is 29.0. The van der Waals surface area contributed by atoms with Crippen molar-refractivity contribution in [2.75, 3.05) is 17.5 Å². The van der Waals surface area contributed by atoms with E-state index in [9.17, 15) is 13.2 Å². The van der Waals surface area contributed by atoms with Crippen LogP contribution in [0.3, 0.4) is 0 Å². The monoisotopic (exact) mass is 567 g/mol. The number of nitriles is 1. The molecule has 0 spiro atoms. The number of para-hydroxylation sites is 1. The summed E-state index contributed by atoms with van der Waals surface area (Å²) >= 11 is 0. The highest BCUT2D eigenvalue weighted by Crippen LogP contribution is 2.31. The molecule has 3 aromatic carbocycles. The van der Waals surface area contributed by atoms with Crippen molar-refractivity contribution in [2.24, 2.45) is 7.05 Å². The van der Waals surface area contributed by atoms with Gasteiger partial charge in [-0.05, 0) is 61.4 Å². The molecule has 2 heterocycles. The van der Waals surface area contributed by atoms with E-state index in [1.54, 1.807) is 55.6 Å². The lowest BCUT2D eigenvalue weighted by atomic mass is 10.1. The number of hydrogen-bond acceptors (Lipinski definition) is 7. The van der Waals surface area contributed by atoms with Crippen LogP contribution >= 0.6 is 0 Å². The third-order valence-corrected chi connectivity index (χ3v) is 8.76. The maximum absolute atomic E-state index is 14.2. The predicted octanol–water partition coefficient (Wildman–Crippen LogP) is 5.12. The highest BCUT2D eigenvalue weighted by molar-refractivity contribution is 7.93. The minimum atomic E-state index is -4.06. The minimum absolute atomic E-state index is 0.0702. The summed E-state index contributed by atoms with van der Waals surface area (Å²) in [5.74, 6) is 0.432. The number of rotatable bonds is 10. The van der Waals surface area contributed by atoms with Gasteiger partial charge in [0.15, 0.2) is 0 Å². The maximum atomic E-state index is 14.2. The number of nitrogens with zero attached hydrogens (tertiary/aromatic N) is 5. The molecule has 5 aromatic rings. The van der Waals surface area contributed by atoms with Crippen LogP contribution in [0.1, 0.15) is 36.7 Å². The van der Waals surface area contributed by atoms with E-state index in [0.717, 1.165) is 16.9 Å². The Labute approximate surface area is 238 Å². The van der Waals surface area contributed by atoms with Crippen molar-refractivity contribution in [2.45, 2.75) is 31.1 Å². The Morgan fingerprint density at radius 3 is 2.61 bits per heavy atom. The maximum Gasteiger partial charge on any atom is 0.305 e. The zero-order valence-electron chi connectivity index (χ0n) is 22.8. The van der Waals surface area contributed by atoms with Gasteiger partial charge in [-0.25, -0.2) is 13.4 Å². The summed E-state index contributed by atoms with van der Waals surface area (Å²) in [4.78, 5) is 21.3. The van der Waals surface area contributed by atoms with Crippen LogP contribution in [-0.2, 0) is 33.0 Å². The standard InChI is InChI=1S/C31H29N5O4S/c1-3-40-30(37)10-6-18-36(41(38,39)28-9-4-7-24-8-5-17-33-31(24)28)25-15-16-27-26(20-25)34-29(35(27)2)19-22-11-13-23(21-32)14-12-22/h4-5,7-9,11-17,20H,3,6,10,18-19H2,1-2H3. The van der Waals surface area contributed by atoms with Gasteiger partial charge in [0.25, 0.3) is 10.0 Å². The van der Waals surface area contributed by atoms with Crippen molar-refractivity contribution < 1.29 is 17.9 Å². The smallest absolute Gasteiger partial charge is 0.305 e. The topological polar surface area (TPSA) is 118 Å². The van der Waals surface area contributed by atoms with Crippen molar-refractivity contribution in [3.63, 3.8) is 0 Å². The molecule has 0 aliphatic carbocycles. The van der Waals surface area contributed by atoms with Crippen LogP contribution in [0, 0.1) is 11.3 Å². The van der Waals surface area contributed by atoms with Gasteiger partial charge in [-0.15, -0.1) is 0 Å². The Hall–Kier alpha value is -4.75. The molecule has 0 saturated heterocycles. The lowest BCUT2D eigenvalue weighted by Crippen LogP contribution is -2.32. The number of anilines is 1. The molecule has 0 fully saturated rings. The number of pyridine rings is 1. The number of hydrogen-bond donors (Lipinski definition) is 0. The van der Waals surface area contributed by atoms with E-state index in [4.69, 9.17) is 15.0 Å². The summed E-state index contributed by atoms with van der Waals surface area (Å²) in [5, 5.41) is 9.79. The molecule has 0 amide bonds. The van der Waals surface area contributed by atoms with Gasteiger partial charge in [0.2, 0.25) is 0 Å². The van der Waals surface area contributed by atoms with E-state index < -0.39 is 10.0 Å². The van der Waals surface area contributed by atoms with Crippen molar-refractivity contribution >= 4 is 43.6 Å². The van der Waals surface area contributed by atoms with E-state index in [2.05, 4.69) is 11.1 Å². The molecule has 9 nitrogen and oxygen atoms in total. The van der Waals surface area contributed by atoms with Crippen LogP contribution in [-0.4, -0.2) is 42.1 Å². The van der Waals surface area contributed by atoms with E-state index >= 15 is 0 Å². The van der Waals surface area contributed by atoms with Crippen LogP contribution in [0.25, 0.3) is 21.9 Å². The number of sulfonamides is 1. The summed E-state index contributed by atoms with van der Waals surface area (Å²) in [5.41, 5.74) is 3.93. The number of fused-ring (bicyclic) bond motifs is 2. The van der Waals surface area contributed by atoms with Crippen molar-refractivity contribution in [3.05, 3.63) is 95.9 Å². The van der Waals surface area contributed by atoms with Crippen LogP contribution in [0.4, 0.5) is 5.69 Å². The lowest BCUT2D eigenvalue weighted by molar-refractivity contribution is -0.143. The minimum Gasteiger partial charge on any atom is -0.466 e. The Bertz CT molecular complexity index is 1870. The second-order valence-corrected chi connectivity index (χ2v) is 11.4. The summed E-state index contributed by atoms with van der Waals surface area (Å²) in [7, 11) is -2.14. The molecule has 0 aliphatic rings. The highest BCUT2D eigenvalue weighted by atomic mass is 32.2. The Morgan fingerprint density at radius 1 is 1.07 bits per heavy atom. The van der Waals surface area contributed by atoms with E-state index in [0.29, 0.717) is 34.1 Å². The predicted molar refractivity (Wildman–Crippen MR) is 157 cm³/mol. The highest BCUT2D eigenvalue weighted by Gasteiger charge is 2.28. The number of imidazole rings is 1. The average Bonchev–Trinajstić information content (AvgIpc) is 3.29. The van der Waals surface area contributed by atoms with Gasteiger partial charge in [0.1, 0.15) is 10.7 Å². The van der Waals surface area contributed by atoms with E-state index in [1.165, 1.54) is 4.31 Å². The molecule has 0 unspecified atom stereocenters. The number of esters is 1. The molecule has 0 bridgehead atoms. The first-order chi connectivity index (χ1) is 19.8. The van der Waals surface area contributed by atoms with Crippen LogP contribution in [0.15, 0.2) is 83.9 Å². The number of aryl methyl sites for hydroxylation is 1. The van der Waals surface area contributed by atoms with Gasteiger partial charge in [-0.2, -0.15) is 5.26 Å². The van der Waals surface area contributed by atoms with Gasteiger partial charge < -0.3 is 9.30 Å². The number of aromatic nitrogens is 3. The van der Waals surface area contributed by atoms with Crippen LogP contribution < -0.4 is 4.31 Å². The Morgan fingerprint density at radius 2 is 1.85 bits per heavy atom. The molecular formula is C31H29N5O4S. The van der Waals surface area contributed by atoms with Crippen molar-refractivity contribution in [3.8, 4) is 6.07 Å². The van der Waals surface area contributed by atoms with Crippen molar-refractivity contribution in [1.82, 2.24) is 14.5 Å². The number of benzene rings is 3. The number of carbonyl (C=O) groups excluding carboxylic acids is 1. The first kappa shape index (κ1) is 27.8. The van der Waals surface area contributed by atoms with Crippen molar-refractivity contribution in [1.29, 1.82) is 5.26 Å². The molecule has 0 radical (unpaired) electrons. The second kappa shape index (κ2) is 11.8. The molecular weight excluding hydrogens is 538 g/mol. The summed E-state index contributed by atoms with van der Waals surface area (Å²) in [6.07, 6.45) is 2.49. The Balaban J connectivity index is 1.53. The molecule has 41 heavy (non-hydrogen) atoms. The number of ether oxygens (including phenoxy) is 1. The Kier molecular flexibility index (Phi) is 7.99. The molecule has 0 aliphatic heterocycles. The van der Waals surface area contributed by atoms with Gasteiger partial charge in [-0.1, -0.05) is 30.3 Å². The zero-order valence-corrected chi connectivity index (χ0v) is 23.6. The molecule has 5 rings (SSSR count). The van der Waals surface area contributed by atoms with Gasteiger partial charge in [-0.3, -0.25) is 14.1 Å². The fraction of sp³-hybridized carbons (Fsp3) is 0.226. The quantitative estimate of drug-likeness (QED) is 0.215. The third kappa shape index (κ3) is 5.76. The van der Waals surface area contributed by atoms with E-state index in [1.807, 2.05) is 41.9 Å². The number of carbonyl (C=O) groups is 1. The lowest BCUT2D eigenvalue weighted by Gasteiger charge is -2.25. The normalized spacial score (nSPS) is 11.4. The SMILES string of the molecule is CCOC(=O)CCCN(c1ccc2c(c1)nc(Cc1ccc(C#N)cc1)n2C)S(=O)(=O)c1cccc2cccnc12. The largest absolute Gasteiger partial charge is 0.466 e. The molecule has 208 valence electrons. The fourth-order valence-corrected chi connectivity index (χ4v) is 6.49. The molecule has 0 atom stereocenters. The first-order valence-electron chi connectivity index (χ1n) is 13.3. The molecule has 2 aromatic heterocycles. The summed E-state index contributed by atoms with van der Waals surface area (Å²) < 4.78 is 36.7. The van der Waals surface area contributed by atoms with Gasteiger partial charge in [0.05, 0.1) is 40.5 Å². The second-order valence-electron chi connectivity index (χ2n) is 9.56. The summed E-state index contributed by atoms with van der Waals surface area (Å²) in [6.45, 7) is 2.07. The first-order valence-corrected chi connectivity index (χ1v) is 14.7. The molecule has 0 saturated carbocycles. The summed E-state index contributed by atoms with van der Waals surface area (Å²) in [6, 6.07) is 23.5. The third-order valence-electron chi connectivity index (χ3n) is 6.90.